The molecule has 0 bridgehead atoms. The third kappa shape index (κ3) is 9.53. The predicted molar refractivity (Wildman–Crippen MR) is 145 cm³/mol. The van der Waals surface area contributed by atoms with Gasteiger partial charge in [-0.15, -0.1) is 6.58 Å². The van der Waals surface area contributed by atoms with Crippen molar-refractivity contribution >= 4 is 6.08 Å². The first-order valence-corrected chi connectivity index (χ1v) is 12.4. The molecule has 0 saturated heterocycles. The van der Waals surface area contributed by atoms with Crippen LogP contribution in [0.25, 0.3) is 6.08 Å². The normalized spacial score (nSPS) is 14.8. The van der Waals surface area contributed by atoms with E-state index in [-0.39, 0.29) is 13.2 Å². The average Bonchev–Trinajstić information content (AvgIpc) is 2.92. The minimum absolute atomic E-state index is 0.0349. The zero-order valence-corrected chi connectivity index (χ0v) is 20.7. The van der Waals surface area contributed by atoms with E-state index in [0.29, 0.717) is 13.2 Å². The number of rotatable bonds is 16. The maximum atomic E-state index is 11.4. The second kappa shape index (κ2) is 15.8. The van der Waals surface area contributed by atoms with Gasteiger partial charge in [-0.1, -0.05) is 109 Å². The van der Waals surface area contributed by atoms with Crippen molar-refractivity contribution < 1.29 is 19.7 Å². The molecule has 36 heavy (non-hydrogen) atoms. The maximum absolute atomic E-state index is 11.4. The third-order valence-electron chi connectivity index (χ3n) is 5.79. The molecule has 0 fully saturated rings. The molecule has 0 heterocycles. The lowest BCUT2D eigenvalue weighted by molar-refractivity contribution is -0.131. The van der Waals surface area contributed by atoms with Crippen molar-refractivity contribution in [3.63, 3.8) is 0 Å². The summed E-state index contributed by atoms with van der Waals surface area (Å²) in [5.41, 5.74) is 3.00. The fourth-order valence-electron chi connectivity index (χ4n) is 3.81. The SMILES string of the molecule is C=CCCN[C@H](/C=C/c1ccccc1)[C@@H](O)[C@@H](OCc1ccccc1)[C@@H](O)COCc1ccccc1. The van der Waals surface area contributed by atoms with Gasteiger partial charge in [-0.3, -0.25) is 0 Å². The highest BCUT2D eigenvalue weighted by Crippen LogP contribution is 2.16. The highest BCUT2D eigenvalue weighted by Gasteiger charge is 2.33. The molecular formula is C31H37NO4. The van der Waals surface area contributed by atoms with Crippen molar-refractivity contribution in [3.8, 4) is 0 Å². The van der Waals surface area contributed by atoms with Crippen LogP contribution in [0.2, 0.25) is 0 Å². The van der Waals surface area contributed by atoms with Gasteiger partial charge in [0.05, 0.1) is 25.9 Å². The Kier molecular flexibility index (Phi) is 12.1. The fraction of sp³-hybridized carbons (Fsp3) is 0.290. The summed E-state index contributed by atoms with van der Waals surface area (Å²) < 4.78 is 11.9. The van der Waals surface area contributed by atoms with E-state index >= 15 is 0 Å². The summed E-state index contributed by atoms with van der Waals surface area (Å²) >= 11 is 0. The van der Waals surface area contributed by atoms with Crippen LogP contribution in [0.3, 0.4) is 0 Å². The van der Waals surface area contributed by atoms with E-state index in [1.807, 2.05) is 109 Å². The summed E-state index contributed by atoms with van der Waals surface area (Å²) in [7, 11) is 0. The average molecular weight is 488 g/mol. The van der Waals surface area contributed by atoms with Crippen molar-refractivity contribution in [2.45, 2.75) is 44.0 Å². The summed E-state index contributed by atoms with van der Waals surface area (Å²) in [6.45, 7) is 5.08. The number of benzene rings is 3. The van der Waals surface area contributed by atoms with Crippen LogP contribution in [-0.2, 0) is 22.7 Å². The summed E-state index contributed by atoms with van der Waals surface area (Å²) in [5.74, 6) is 0. The van der Waals surface area contributed by atoms with Gasteiger partial charge in [0.2, 0.25) is 0 Å². The Morgan fingerprint density at radius 3 is 2.00 bits per heavy atom. The van der Waals surface area contributed by atoms with Gasteiger partial charge in [-0.25, -0.2) is 0 Å². The molecule has 0 amide bonds. The Balaban J connectivity index is 1.73. The molecule has 0 unspecified atom stereocenters. The molecule has 3 aromatic carbocycles. The lowest BCUT2D eigenvalue weighted by Gasteiger charge is -2.32. The van der Waals surface area contributed by atoms with E-state index in [4.69, 9.17) is 9.47 Å². The zero-order valence-electron chi connectivity index (χ0n) is 20.7. The number of hydrogen-bond acceptors (Lipinski definition) is 5. The van der Waals surface area contributed by atoms with Gasteiger partial charge in [-0.05, 0) is 29.7 Å². The van der Waals surface area contributed by atoms with E-state index in [1.54, 1.807) is 0 Å². The Morgan fingerprint density at radius 1 is 0.806 bits per heavy atom. The number of aliphatic hydroxyl groups is 2. The zero-order chi connectivity index (χ0) is 25.4. The van der Waals surface area contributed by atoms with E-state index in [9.17, 15) is 10.2 Å². The van der Waals surface area contributed by atoms with E-state index in [2.05, 4.69) is 11.9 Å². The minimum atomic E-state index is -1.03. The molecule has 0 radical (unpaired) electrons. The first-order chi connectivity index (χ1) is 17.7. The Morgan fingerprint density at radius 2 is 1.39 bits per heavy atom. The monoisotopic (exact) mass is 487 g/mol. The first-order valence-electron chi connectivity index (χ1n) is 12.4. The summed E-state index contributed by atoms with van der Waals surface area (Å²) in [4.78, 5) is 0. The molecule has 3 rings (SSSR count). The largest absolute Gasteiger partial charge is 0.388 e. The molecule has 5 heteroatoms. The fourth-order valence-corrected chi connectivity index (χ4v) is 3.81. The van der Waals surface area contributed by atoms with Gasteiger partial charge < -0.3 is 25.0 Å². The lowest BCUT2D eigenvalue weighted by atomic mass is 9.99. The number of hydrogen-bond donors (Lipinski definition) is 3. The second-order valence-electron chi connectivity index (χ2n) is 8.65. The molecule has 0 aliphatic rings. The Labute approximate surface area is 214 Å². The molecule has 0 spiro atoms. The van der Waals surface area contributed by atoms with Gasteiger partial charge in [-0.2, -0.15) is 0 Å². The second-order valence-corrected chi connectivity index (χ2v) is 8.65. The standard InChI is InChI=1S/C31H37NO4/c1-2-3-21-32-28(20-19-25-13-7-4-8-14-25)30(34)31(36-23-27-17-11-6-12-18-27)29(33)24-35-22-26-15-9-5-10-16-26/h2,4-20,28-34H,1,3,21-24H2/b20-19+/t28-,29+,30-,31+/m1/s1. The van der Waals surface area contributed by atoms with Crippen LogP contribution in [0.15, 0.2) is 110 Å². The summed E-state index contributed by atoms with van der Waals surface area (Å²) in [6, 6.07) is 29.0. The molecule has 3 N–H and O–H groups in total. The van der Waals surface area contributed by atoms with Crippen molar-refractivity contribution in [1.82, 2.24) is 5.32 Å². The van der Waals surface area contributed by atoms with Gasteiger partial charge in [0.25, 0.3) is 0 Å². The van der Waals surface area contributed by atoms with Gasteiger partial charge in [0.15, 0.2) is 0 Å². The van der Waals surface area contributed by atoms with Crippen LogP contribution in [0, 0.1) is 0 Å². The van der Waals surface area contributed by atoms with Gasteiger partial charge in [0.1, 0.15) is 18.3 Å². The summed E-state index contributed by atoms with van der Waals surface area (Å²) in [5, 5.41) is 25.9. The molecule has 0 aromatic heterocycles. The molecule has 0 aliphatic heterocycles. The van der Waals surface area contributed by atoms with Crippen LogP contribution in [0.1, 0.15) is 23.1 Å². The minimum Gasteiger partial charge on any atom is -0.388 e. The van der Waals surface area contributed by atoms with Gasteiger partial charge >= 0.3 is 0 Å². The molecule has 190 valence electrons. The first kappa shape index (κ1) is 27.5. The van der Waals surface area contributed by atoms with Crippen molar-refractivity contribution in [3.05, 3.63) is 126 Å². The van der Waals surface area contributed by atoms with Crippen LogP contribution in [-0.4, -0.2) is 47.7 Å². The van der Waals surface area contributed by atoms with Gasteiger partial charge in [0, 0.05) is 0 Å². The van der Waals surface area contributed by atoms with Crippen molar-refractivity contribution in [2.24, 2.45) is 0 Å². The number of ether oxygens (including phenoxy) is 2. The van der Waals surface area contributed by atoms with E-state index in [0.717, 1.165) is 23.1 Å². The lowest BCUT2D eigenvalue weighted by Crippen LogP contribution is -2.52. The quantitative estimate of drug-likeness (QED) is 0.201. The highest BCUT2D eigenvalue weighted by atomic mass is 16.5. The molecule has 0 saturated carbocycles. The number of nitrogens with one attached hydrogen (secondary N) is 1. The Bertz CT molecular complexity index is 1010. The smallest absolute Gasteiger partial charge is 0.114 e. The molecule has 3 aromatic rings. The predicted octanol–water partition coefficient (Wildman–Crippen LogP) is 4.76. The molecular weight excluding hydrogens is 450 g/mol. The van der Waals surface area contributed by atoms with Crippen LogP contribution in [0.5, 0.6) is 0 Å². The van der Waals surface area contributed by atoms with Crippen LogP contribution < -0.4 is 5.32 Å². The molecule has 5 nitrogen and oxygen atoms in total. The van der Waals surface area contributed by atoms with Crippen molar-refractivity contribution in [1.29, 1.82) is 0 Å². The summed E-state index contributed by atoms with van der Waals surface area (Å²) in [6.07, 6.45) is 3.53. The van der Waals surface area contributed by atoms with Crippen molar-refractivity contribution in [2.75, 3.05) is 13.2 Å². The van der Waals surface area contributed by atoms with Crippen LogP contribution in [0.4, 0.5) is 0 Å². The topological polar surface area (TPSA) is 71.0 Å². The maximum Gasteiger partial charge on any atom is 0.114 e. The third-order valence-corrected chi connectivity index (χ3v) is 5.79. The molecule has 0 aliphatic carbocycles. The number of aliphatic hydroxyl groups excluding tert-OH is 2. The Hall–Kier alpha value is -3.06. The van der Waals surface area contributed by atoms with E-state index in [1.165, 1.54) is 0 Å². The molecule has 4 atom stereocenters. The highest BCUT2D eigenvalue weighted by molar-refractivity contribution is 5.49. The van der Waals surface area contributed by atoms with Crippen LogP contribution >= 0.6 is 0 Å². The van der Waals surface area contributed by atoms with E-state index < -0.39 is 24.4 Å².